The second-order valence-corrected chi connectivity index (χ2v) is 12.0. The summed E-state index contributed by atoms with van der Waals surface area (Å²) in [6.07, 6.45) is 4.34. The summed E-state index contributed by atoms with van der Waals surface area (Å²) in [4.78, 5) is 28.5. The van der Waals surface area contributed by atoms with E-state index in [1.165, 1.54) is 10.2 Å². The number of aromatic nitrogens is 6. The van der Waals surface area contributed by atoms with E-state index in [0.717, 1.165) is 50.5 Å². The molecule has 1 aliphatic heterocycles. The lowest BCUT2D eigenvalue weighted by atomic mass is 9.85. The third-order valence-electron chi connectivity index (χ3n) is 9.08. The second kappa shape index (κ2) is 13.5. The molecule has 0 radical (unpaired) electrons. The molecule has 2 aromatic carbocycles. The predicted octanol–water partition coefficient (Wildman–Crippen LogP) is 4.28. The van der Waals surface area contributed by atoms with Gasteiger partial charge in [-0.2, -0.15) is 14.6 Å². The topological polar surface area (TPSA) is 142 Å². The first-order chi connectivity index (χ1) is 23.5. The summed E-state index contributed by atoms with van der Waals surface area (Å²) in [5, 5.41) is 9.86. The number of rotatable bonds is 13. The third-order valence-corrected chi connectivity index (χ3v) is 9.08. The summed E-state index contributed by atoms with van der Waals surface area (Å²) in [5.41, 5.74) is 8.22. The van der Waals surface area contributed by atoms with Gasteiger partial charge in [0.2, 0.25) is 11.8 Å². The first-order valence-corrected chi connectivity index (χ1v) is 16.2. The summed E-state index contributed by atoms with van der Waals surface area (Å²) in [5.74, 6) is 1.93. The lowest BCUT2D eigenvalue weighted by Gasteiger charge is -2.36. The fraction of sp³-hybridized carbons (Fsp3) is 0.343. The number of ketones is 1. The molecule has 1 fully saturated rings. The molecule has 5 heterocycles. The van der Waals surface area contributed by atoms with E-state index < -0.39 is 5.54 Å². The van der Waals surface area contributed by atoms with Gasteiger partial charge in [-0.3, -0.25) is 9.69 Å². The first-order valence-electron chi connectivity index (χ1n) is 16.2. The maximum absolute atomic E-state index is 14.3. The van der Waals surface area contributed by atoms with Gasteiger partial charge in [0, 0.05) is 45.4 Å². The predicted molar refractivity (Wildman–Crippen MR) is 182 cm³/mol. The quantitative estimate of drug-likeness (QED) is 0.179. The van der Waals surface area contributed by atoms with Crippen molar-refractivity contribution in [3.05, 3.63) is 84.8 Å². The molecule has 0 aliphatic carbocycles. The molecule has 1 aliphatic rings. The zero-order chi connectivity index (χ0) is 33.1. The number of furan rings is 1. The molecule has 1 unspecified atom stereocenters. The van der Waals surface area contributed by atoms with E-state index in [2.05, 4.69) is 37.0 Å². The van der Waals surface area contributed by atoms with Crippen molar-refractivity contribution in [1.29, 1.82) is 0 Å². The van der Waals surface area contributed by atoms with Crippen molar-refractivity contribution in [3.8, 4) is 17.3 Å². The van der Waals surface area contributed by atoms with E-state index in [0.29, 0.717) is 47.9 Å². The molecule has 4 aromatic heterocycles. The highest BCUT2D eigenvalue weighted by atomic mass is 16.5. The summed E-state index contributed by atoms with van der Waals surface area (Å²) in [6, 6.07) is 21.5. The highest BCUT2D eigenvalue weighted by molar-refractivity contribution is 5.95. The summed E-state index contributed by atoms with van der Waals surface area (Å²) in [6.45, 7) is 7.53. The molecule has 13 nitrogen and oxygen atoms in total. The molecule has 0 saturated carbocycles. The summed E-state index contributed by atoms with van der Waals surface area (Å²) < 4.78 is 19.4. The number of ether oxygens (including phenoxy) is 2. The summed E-state index contributed by atoms with van der Waals surface area (Å²) in [7, 11) is 1.67. The number of anilines is 2. The van der Waals surface area contributed by atoms with E-state index in [1.807, 2.05) is 49.4 Å². The Morgan fingerprint density at radius 2 is 1.75 bits per heavy atom. The van der Waals surface area contributed by atoms with Gasteiger partial charge in [-0.1, -0.05) is 30.3 Å². The largest absolute Gasteiger partial charge is 0.491 e. The van der Waals surface area contributed by atoms with E-state index in [-0.39, 0.29) is 11.7 Å². The smallest absolute Gasteiger partial charge is 0.225 e. The first kappa shape index (κ1) is 31.3. The minimum atomic E-state index is -1.12. The molecule has 6 aromatic rings. The van der Waals surface area contributed by atoms with Crippen LogP contribution >= 0.6 is 0 Å². The van der Waals surface area contributed by atoms with Gasteiger partial charge in [-0.15, -0.1) is 5.10 Å². The standard InChI is InChI=1S/C35H39N9O4/c1-35(25-8-4-3-5-9-25,44-33-28(24-37-44)32-38-31(29-10-7-21-48-29)40-43(32)34(36)39-33)30(45)11-6-16-41-17-19-42(20-18-41)26-12-14-27(15-13-26)47-23-22-46-2/h3-5,7-10,12-15,21,24H,6,11,16-20,22-23H2,1-2H3,(H2,36,39). The van der Waals surface area contributed by atoms with Crippen molar-refractivity contribution >= 4 is 34.1 Å². The highest BCUT2D eigenvalue weighted by Gasteiger charge is 2.39. The van der Waals surface area contributed by atoms with Crippen LogP contribution in [0.1, 0.15) is 25.3 Å². The number of piperazine rings is 1. The maximum atomic E-state index is 14.3. The summed E-state index contributed by atoms with van der Waals surface area (Å²) >= 11 is 0. The van der Waals surface area contributed by atoms with Gasteiger partial charge < -0.3 is 24.5 Å². The Hall–Kier alpha value is -5.27. The second-order valence-electron chi connectivity index (χ2n) is 12.0. The van der Waals surface area contributed by atoms with E-state index in [4.69, 9.17) is 24.7 Å². The average Bonchev–Trinajstić information content (AvgIpc) is 3.90. The molecule has 248 valence electrons. The number of hydrogen-bond acceptors (Lipinski definition) is 11. The number of fused-ring (bicyclic) bond motifs is 3. The number of nitrogen functional groups attached to an aromatic ring is 1. The minimum absolute atomic E-state index is 0.0446. The van der Waals surface area contributed by atoms with Crippen molar-refractivity contribution in [2.45, 2.75) is 25.3 Å². The number of nitrogens with zero attached hydrogens (tertiary/aromatic N) is 8. The van der Waals surface area contributed by atoms with Crippen LogP contribution in [0.4, 0.5) is 11.6 Å². The van der Waals surface area contributed by atoms with Crippen molar-refractivity contribution in [2.75, 3.05) is 63.7 Å². The van der Waals surface area contributed by atoms with Crippen LogP contribution in [0.3, 0.4) is 0 Å². The zero-order valence-corrected chi connectivity index (χ0v) is 27.2. The Bertz CT molecular complexity index is 1980. The Kier molecular flexibility index (Phi) is 8.78. The molecule has 0 bridgehead atoms. The van der Waals surface area contributed by atoms with E-state index in [1.54, 1.807) is 36.4 Å². The van der Waals surface area contributed by atoms with Gasteiger partial charge in [-0.05, 0) is 61.9 Å². The van der Waals surface area contributed by atoms with Crippen LogP contribution in [0, 0.1) is 0 Å². The normalized spacial score (nSPS) is 15.2. The molecule has 7 rings (SSSR count). The van der Waals surface area contributed by atoms with E-state index >= 15 is 0 Å². The average molecular weight is 650 g/mol. The van der Waals surface area contributed by atoms with Crippen LogP contribution in [0.5, 0.6) is 5.75 Å². The highest BCUT2D eigenvalue weighted by Crippen LogP contribution is 2.33. The van der Waals surface area contributed by atoms with Crippen LogP contribution in [-0.2, 0) is 15.1 Å². The number of carbonyl (C=O) groups is 1. The van der Waals surface area contributed by atoms with Gasteiger partial charge in [0.1, 0.15) is 17.9 Å². The van der Waals surface area contributed by atoms with E-state index in [9.17, 15) is 4.79 Å². The number of carbonyl (C=O) groups excluding carboxylic acids is 1. The Morgan fingerprint density at radius 1 is 0.958 bits per heavy atom. The van der Waals surface area contributed by atoms with Gasteiger partial charge >= 0.3 is 0 Å². The van der Waals surface area contributed by atoms with Crippen molar-refractivity contribution in [1.82, 2.24) is 34.3 Å². The Balaban J connectivity index is 1.05. The number of Topliss-reactive ketones (excluding diaryl/α,β-unsaturated/α-hetero) is 1. The van der Waals surface area contributed by atoms with Crippen molar-refractivity contribution in [2.24, 2.45) is 0 Å². The molecule has 1 saturated heterocycles. The van der Waals surface area contributed by atoms with Gasteiger partial charge in [0.25, 0.3) is 0 Å². The number of nitrogens with two attached hydrogens (primary N) is 1. The number of benzene rings is 2. The van der Waals surface area contributed by atoms with Crippen LogP contribution < -0.4 is 15.4 Å². The van der Waals surface area contributed by atoms with Crippen LogP contribution in [0.25, 0.3) is 28.3 Å². The molecule has 13 heteroatoms. The molecule has 48 heavy (non-hydrogen) atoms. The lowest BCUT2D eigenvalue weighted by molar-refractivity contribution is -0.125. The van der Waals surface area contributed by atoms with Crippen molar-refractivity contribution in [3.63, 3.8) is 0 Å². The molecule has 0 amide bonds. The fourth-order valence-electron chi connectivity index (χ4n) is 6.34. The SMILES string of the molecule is COCCOc1ccc(N2CCN(CCCC(=O)C(C)(c3ccccc3)n3ncc4c3nc(N)n3nc(-c5ccco5)nc43)CC2)cc1. The zero-order valence-electron chi connectivity index (χ0n) is 27.2. The Labute approximate surface area is 277 Å². The molecule has 2 N–H and O–H groups in total. The van der Waals surface area contributed by atoms with Crippen molar-refractivity contribution < 1.29 is 18.7 Å². The minimum Gasteiger partial charge on any atom is -0.491 e. The molecule has 0 spiro atoms. The monoisotopic (exact) mass is 649 g/mol. The van der Waals surface area contributed by atoms with Crippen LogP contribution in [-0.4, -0.2) is 93.1 Å². The lowest BCUT2D eigenvalue weighted by Crippen LogP contribution is -2.47. The van der Waals surface area contributed by atoms with Crippen LogP contribution in [0.15, 0.2) is 83.6 Å². The van der Waals surface area contributed by atoms with Gasteiger partial charge in [-0.25, -0.2) is 9.67 Å². The van der Waals surface area contributed by atoms with Gasteiger partial charge in [0.05, 0.1) is 24.5 Å². The molecular formula is C35H39N9O4. The molecular weight excluding hydrogens is 610 g/mol. The third kappa shape index (κ3) is 5.98. The molecule has 1 atom stereocenters. The van der Waals surface area contributed by atoms with Gasteiger partial charge in [0.15, 0.2) is 22.8 Å². The Morgan fingerprint density at radius 3 is 2.48 bits per heavy atom. The maximum Gasteiger partial charge on any atom is 0.225 e. The fourth-order valence-corrected chi connectivity index (χ4v) is 6.34. The number of hydrogen-bond donors (Lipinski definition) is 1. The number of methoxy groups -OCH3 is 1. The van der Waals surface area contributed by atoms with Crippen LogP contribution in [0.2, 0.25) is 0 Å².